The van der Waals surface area contributed by atoms with Crippen molar-refractivity contribution in [2.75, 3.05) is 6.54 Å². The monoisotopic (exact) mass is 283 g/mol. The molecule has 1 fully saturated rings. The van der Waals surface area contributed by atoms with Crippen molar-refractivity contribution in [3.8, 4) is 0 Å². The summed E-state index contributed by atoms with van der Waals surface area (Å²) in [5.41, 5.74) is 0.247. The van der Waals surface area contributed by atoms with Gasteiger partial charge in [-0.3, -0.25) is 14.2 Å². The van der Waals surface area contributed by atoms with Crippen LogP contribution in [0.5, 0.6) is 0 Å². The van der Waals surface area contributed by atoms with Gasteiger partial charge >= 0.3 is 0 Å². The zero-order valence-electron chi connectivity index (χ0n) is 11.2. The van der Waals surface area contributed by atoms with Crippen LogP contribution in [0.25, 0.3) is 0 Å². The van der Waals surface area contributed by atoms with Crippen LogP contribution >= 0.6 is 11.6 Å². The Kier molecular flexibility index (Phi) is 4.24. The molecule has 0 N–H and O–H groups in total. The molecule has 0 atom stereocenters. The molecule has 1 heterocycles. The minimum atomic E-state index is -0.289. The first kappa shape index (κ1) is 14.1. The molecule has 1 aromatic rings. The fraction of sp³-hybridized carbons (Fsp3) is 0.615. The van der Waals surface area contributed by atoms with Gasteiger partial charge in [0, 0.05) is 12.6 Å². The zero-order chi connectivity index (χ0) is 14.0. The quantitative estimate of drug-likeness (QED) is 0.825. The molecule has 0 radical (unpaired) electrons. The number of rotatable bonds is 5. The predicted octanol–water partition coefficient (Wildman–Crippen LogP) is 1.61. The molecule has 1 aliphatic rings. The second-order valence-electron chi connectivity index (χ2n) is 4.88. The van der Waals surface area contributed by atoms with Crippen LogP contribution in [-0.2, 0) is 11.3 Å². The van der Waals surface area contributed by atoms with Crippen LogP contribution in [0.4, 0.5) is 0 Å². The number of hydrogen-bond donors (Lipinski definition) is 0. The lowest BCUT2D eigenvalue weighted by molar-refractivity contribution is -0.132. The second kappa shape index (κ2) is 5.74. The number of carbonyl (C=O) groups excluding carboxylic acids is 1. The van der Waals surface area contributed by atoms with Crippen molar-refractivity contribution in [2.45, 2.75) is 45.7 Å². The van der Waals surface area contributed by atoms with E-state index >= 15 is 0 Å². The van der Waals surface area contributed by atoms with Gasteiger partial charge in [0.25, 0.3) is 5.56 Å². The molecule has 0 aliphatic heterocycles. The number of aromatic nitrogens is 2. The highest BCUT2D eigenvalue weighted by Crippen LogP contribution is 2.27. The highest BCUT2D eigenvalue weighted by molar-refractivity contribution is 6.29. The second-order valence-corrected chi connectivity index (χ2v) is 5.24. The maximum Gasteiger partial charge on any atom is 0.269 e. The minimum Gasteiger partial charge on any atom is -0.338 e. The van der Waals surface area contributed by atoms with E-state index in [0.29, 0.717) is 11.7 Å². The number of amides is 1. The molecule has 0 saturated heterocycles. The topological polar surface area (TPSA) is 55.2 Å². The van der Waals surface area contributed by atoms with Gasteiger partial charge in [0.15, 0.2) is 0 Å². The summed E-state index contributed by atoms with van der Waals surface area (Å²) < 4.78 is 1.39. The largest absolute Gasteiger partial charge is 0.338 e. The van der Waals surface area contributed by atoms with Crippen LogP contribution in [0.3, 0.4) is 0 Å². The van der Waals surface area contributed by atoms with Crippen molar-refractivity contribution in [1.82, 2.24) is 14.5 Å². The van der Waals surface area contributed by atoms with E-state index in [0.717, 1.165) is 32.0 Å². The van der Waals surface area contributed by atoms with Crippen molar-refractivity contribution in [1.29, 1.82) is 0 Å². The first-order valence-electron chi connectivity index (χ1n) is 6.56. The molecule has 2 rings (SSSR count). The van der Waals surface area contributed by atoms with E-state index in [-0.39, 0.29) is 23.2 Å². The Bertz CT molecular complexity index is 537. The van der Waals surface area contributed by atoms with Gasteiger partial charge in [-0.1, -0.05) is 18.5 Å². The fourth-order valence-electron chi connectivity index (χ4n) is 2.11. The summed E-state index contributed by atoms with van der Waals surface area (Å²) in [5.74, 6) is -0.0168. The Morgan fingerprint density at radius 3 is 2.84 bits per heavy atom. The van der Waals surface area contributed by atoms with Gasteiger partial charge in [-0.05, 0) is 26.2 Å². The molecule has 1 amide bonds. The van der Waals surface area contributed by atoms with Crippen LogP contribution in [-0.4, -0.2) is 32.9 Å². The lowest BCUT2D eigenvalue weighted by Gasteiger charge is -2.22. The fourth-order valence-corrected chi connectivity index (χ4v) is 2.26. The van der Waals surface area contributed by atoms with Gasteiger partial charge in [0.2, 0.25) is 5.91 Å². The molecular formula is C13H18ClN3O2. The van der Waals surface area contributed by atoms with Crippen LogP contribution in [0.15, 0.2) is 11.0 Å². The summed E-state index contributed by atoms with van der Waals surface area (Å²) in [6, 6.07) is 0.362. The smallest absolute Gasteiger partial charge is 0.269 e. The van der Waals surface area contributed by atoms with Crippen molar-refractivity contribution in [2.24, 2.45) is 0 Å². The van der Waals surface area contributed by atoms with E-state index in [9.17, 15) is 9.59 Å². The molecule has 0 aromatic carbocycles. The summed E-state index contributed by atoms with van der Waals surface area (Å²) in [6.45, 7) is 4.54. The Morgan fingerprint density at radius 2 is 2.26 bits per heavy atom. The number of hydrogen-bond acceptors (Lipinski definition) is 3. The Morgan fingerprint density at radius 1 is 1.58 bits per heavy atom. The summed E-state index contributed by atoms with van der Waals surface area (Å²) in [6.07, 6.45) is 4.21. The van der Waals surface area contributed by atoms with Gasteiger partial charge in [-0.25, -0.2) is 4.98 Å². The van der Waals surface area contributed by atoms with Crippen LogP contribution in [0, 0.1) is 6.92 Å². The molecule has 19 heavy (non-hydrogen) atoms. The molecule has 0 spiro atoms. The van der Waals surface area contributed by atoms with Crippen molar-refractivity contribution < 1.29 is 4.79 Å². The molecule has 6 heteroatoms. The van der Waals surface area contributed by atoms with Gasteiger partial charge in [-0.15, -0.1) is 0 Å². The molecule has 1 aliphatic carbocycles. The van der Waals surface area contributed by atoms with Gasteiger partial charge in [0.1, 0.15) is 11.7 Å². The molecule has 0 bridgehead atoms. The normalized spacial score (nSPS) is 14.5. The van der Waals surface area contributed by atoms with Gasteiger partial charge in [0.05, 0.1) is 11.9 Å². The maximum atomic E-state index is 12.3. The van der Waals surface area contributed by atoms with E-state index in [4.69, 9.17) is 11.6 Å². The van der Waals surface area contributed by atoms with E-state index in [1.54, 1.807) is 6.92 Å². The third kappa shape index (κ3) is 3.15. The van der Waals surface area contributed by atoms with E-state index in [1.165, 1.54) is 4.57 Å². The first-order valence-corrected chi connectivity index (χ1v) is 6.93. The molecule has 1 saturated carbocycles. The van der Waals surface area contributed by atoms with Gasteiger partial charge in [-0.2, -0.15) is 0 Å². The third-order valence-electron chi connectivity index (χ3n) is 3.32. The summed E-state index contributed by atoms with van der Waals surface area (Å²) in [4.78, 5) is 29.7. The van der Waals surface area contributed by atoms with Crippen LogP contribution in [0.2, 0.25) is 5.15 Å². The van der Waals surface area contributed by atoms with Crippen molar-refractivity contribution >= 4 is 17.5 Å². The molecule has 0 unspecified atom stereocenters. The van der Waals surface area contributed by atoms with Gasteiger partial charge < -0.3 is 4.90 Å². The lowest BCUT2D eigenvalue weighted by Crippen LogP contribution is -2.39. The Hall–Kier alpha value is -1.36. The summed E-state index contributed by atoms with van der Waals surface area (Å²) >= 11 is 5.89. The third-order valence-corrected chi connectivity index (χ3v) is 3.69. The first-order chi connectivity index (χ1) is 9.04. The van der Waals surface area contributed by atoms with Crippen LogP contribution < -0.4 is 5.56 Å². The molecule has 104 valence electrons. The Balaban J connectivity index is 2.18. The van der Waals surface area contributed by atoms with Crippen molar-refractivity contribution in [3.05, 3.63) is 27.4 Å². The number of halogens is 1. The van der Waals surface area contributed by atoms with E-state index in [1.807, 2.05) is 11.8 Å². The van der Waals surface area contributed by atoms with Crippen molar-refractivity contribution in [3.63, 3.8) is 0 Å². The maximum absolute atomic E-state index is 12.3. The zero-order valence-corrected chi connectivity index (χ0v) is 12.0. The number of nitrogens with zero attached hydrogens (tertiary/aromatic N) is 3. The molecular weight excluding hydrogens is 266 g/mol. The van der Waals surface area contributed by atoms with E-state index in [2.05, 4.69) is 4.98 Å². The predicted molar refractivity (Wildman–Crippen MR) is 73.3 cm³/mol. The lowest BCUT2D eigenvalue weighted by atomic mass is 10.3. The Labute approximate surface area is 117 Å². The molecule has 1 aromatic heterocycles. The van der Waals surface area contributed by atoms with Crippen LogP contribution in [0.1, 0.15) is 31.9 Å². The highest BCUT2D eigenvalue weighted by atomic mass is 35.5. The SMILES string of the molecule is CCCN(C(=O)Cn1c(C)c(Cl)ncc1=O)C1CC1. The average Bonchev–Trinajstić information content (AvgIpc) is 3.20. The summed E-state index contributed by atoms with van der Waals surface area (Å²) in [7, 11) is 0. The minimum absolute atomic E-state index is 0.0168. The molecule has 5 nitrogen and oxygen atoms in total. The number of carbonyl (C=O) groups is 1. The summed E-state index contributed by atoms with van der Waals surface area (Å²) in [5, 5.41) is 0.265. The average molecular weight is 284 g/mol. The standard InChI is InChI=1S/C13H18ClN3O2/c1-3-6-16(10-4-5-10)12(19)8-17-9(2)13(14)15-7-11(17)18/h7,10H,3-6,8H2,1-2H3. The highest BCUT2D eigenvalue weighted by Gasteiger charge is 2.32. The van der Waals surface area contributed by atoms with E-state index < -0.39 is 0 Å².